The molecule has 128 valence electrons. The molecule has 1 amide bonds. The van der Waals surface area contributed by atoms with Crippen molar-refractivity contribution in [2.24, 2.45) is 0 Å². The minimum Gasteiger partial charge on any atom is -0.324 e. The summed E-state index contributed by atoms with van der Waals surface area (Å²) in [7, 11) is 0. The highest BCUT2D eigenvalue weighted by Crippen LogP contribution is 2.22. The SMILES string of the molecule is CCC(C(=O)Nc1ccc(Cl)cc1)n1c(=O)cc(C)c2ccccc21. The molecular formula is C20H19ClN2O2. The average Bonchev–Trinajstić information content (AvgIpc) is 2.60. The van der Waals surface area contributed by atoms with Gasteiger partial charge in [-0.1, -0.05) is 36.7 Å². The van der Waals surface area contributed by atoms with Gasteiger partial charge in [-0.3, -0.25) is 14.2 Å². The molecule has 0 aliphatic carbocycles. The van der Waals surface area contributed by atoms with Crippen LogP contribution in [0, 0.1) is 6.92 Å². The van der Waals surface area contributed by atoms with Crippen LogP contribution in [0.3, 0.4) is 0 Å². The average molecular weight is 355 g/mol. The molecule has 4 nitrogen and oxygen atoms in total. The van der Waals surface area contributed by atoms with Crippen molar-refractivity contribution in [2.45, 2.75) is 26.3 Å². The molecule has 3 rings (SSSR count). The van der Waals surface area contributed by atoms with Crippen LogP contribution in [0.1, 0.15) is 24.9 Å². The number of carbonyl (C=O) groups is 1. The molecule has 0 aliphatic rings. The molecule has 0 saturated carbocycles. The second-order valence-corrected chi connectivity index (χ2v) is 6.41. The number of aryl methyl sites for hydroxylation is 1. The van der Waals surface area contributed by atoms with Gasteiger partial charge in [0, 0.05) is 22.2 Å². The molecule has 25 heavy (non-hydrogen) atoms. The van der Waals surface area contributed by atoms with Crippen LogP contribution in [0.5, 0.6) is 0 Å². The van der Waals surface area contributed by atoms with Crippen molar-refractivity contribution in [1.29, 1.82) is 0 Å². The summed E-state index contributed by atoms with van der Waals surface area (Å²) in [4.78, 5) is 25.4. The van der Waals surface area contributed by atoms with Crippen LogP contribution < -0.4 is 10.9 Å². The molecular weight excluding hydrogens is 336 g/mol. The van der Waals surface area contributed by atoms with Crippen LogP contribution in [0.2, 0.25) is 5.02 Å². The molecule has 0 aliphatic heterocycles. The van der Waals surface area contributed by atoms with Crippen LogP contribution >= 0.6 is 11.6 Å². The summed E-state index contributed by atoms with van der Waals surface area (Å²) >= 11 is 5.88. The largest absolute Gasteiger partial charge is 0.324 e. The number of nitrogens with one attached hydrogen (secondary N) is 1. The van der Waals surface area contributed by atoms with Gasteiger partial charge in [0.15, 0.2) is 0 Å². The Bertz CT molecular complexity index is 977. The number of para-hydroxylation sites is 1. The Balaban J connectivity index is 2.03. The summed E-state index contributed by atoms with van der Waals surface area (Å²) in [6.45, 7) is 3.80. The first-order valence-electron chi connectivity index (χ1n) is 8.18. The molecule has 0 spiro atoms. The van der Waals surface area contributed by atoms with E-state index in [9.17, 15) is 9.59 Å². The minimum absolute atomic E-state index is 0.172. The van der Waals surface area contributed by atoms with Crippen molar-refractivity contribution in [3.63, 3.8) is 0 Å². The van der Waals surface area contributed by atoms with Gasteiger partial charge in [0.05, 0.1) is 5.52 Å². The molecule has 2 aromatic carbocycles. The molecule has 1 heterocycles. The van der Waals surface area contributed by atoms with E-state index < -0.39 is 6.04 Å². The molecule has 0 saturated heterocycles. The Hall–Kier alpha value is -2.59. The lowest BCUT2D eigenvalue weighted by Crippen LogP contribution is -2.33. The lowest BCUT2D eigenvalue weighted by Gasteiger charge is -2.21. The van der Waals surface area contributed by atoms with E-state index in [4.69, 9.17) is 11.6 Å². The first-order chi connectivity index (χ1) is 12.0. The number of hydrogen-bond donors (Lipinski definition) is 1. The molecule has 0 radical (unpaired) electrons. The van der Waals surface area contributed by atoms with E-state index in [-0.39, 0.29) is 11.5 Å². The van der Waals surface area contributed by atoms with Crippen LogP contribution in [-0.2, 0) is 4.79 Å². The lowest BCUT2D eigenvalue weighted by atomic mass is 10.1. The van der Waals surface area contributed by atoms with Gasteiger partial charge in [-0.15, -0.1) is 0 Å². The standard InChI is InChI=1S/C20H19ClN2O2/c1-3-17(20(25)22-15-10-8-14(21)9-11-15)23-18-7-5-4-6-16(18)13(2)12-19(23)24/h4-12,17H,3H2,1-2H3,(H,22,25). The molecule has 0 bridgehead atoms. The molecule has 1 aromatic heterocycles. The third-order valence-corrected chi connectivity index (χ3v) is 4.53. The zero-order chi connectivity index (χ0) is 18.0. The molecule has 1 N–H and O–H groups in total. The van der Waals surface area contributed by atoms with Gasteiger partial charge < -0.3 is 5.32 Å². The molecule has 0 fully saturated rings. The van der Waals surface area contributed by atoms with Crippen molar-refractivity contribution in [3.8, 4) is 0 Å². The smallest absolute Gasteiger partial charge is 0.252 e. The summed E-state index contributed by atoms with van der Waals surface area (Å²) < 4.78 is 1.58. The number of fused-ring (bicyclic) bond motifs is 1. The van der Waals surface area contributed by atoms with Gasteiger partial charge in [0.2, 0.25) is 5.91 Å². The Morgan fingerprint density at radius 3 is 2.52 bits per heavy atom. The summed E-state index contributed by atoms with van der Waals surface area (Å²) in [6, 6.07) is 15.5. The molecule has 1 unspecified atom stereocenters. The number of rotatable bonds is 4. The molecule has 5 heteroatoms. The van der Waals surface area contributed by atoms with E-state index in [1.54, 1.807) is 34.9 Å². The van der Waals surface area contributed by atoms with Gasteiger partial charge in [0.25, 0.3) is 5.56 Å². The summed E-state index contributed by atoms with van der Waals surface area (Å²) in [5, 5.41) is 4.44. The van der Waals surface area contributed by atoms with E-state index in [1.807, 2.05) is 38.1 Å². The lowest BCUT2D eigenvalue weighted by molar-refractivity contribution is -0.119. The fourth-order valence-electron chi connectivity index (χ4n) is 3.03. The number of halogens is 1. The zero-order valence-electron chi connectivity index (χ0n) is 14.1. The second-order valence-electron chi connectivity index (χ2n) is 5.97. The van der Waals surface area contributed by atoms with Crippen LogP contribution in [0.4, 0.5) is 5.69 Å². The number of carbonyl (C=O) groups excluding carboxylic acids is 1. The third kappa shape index (κ3) is 3.44. The van der Waals surface area contributed by atoms with Crippen molar-refractivity contribution in [2.75, 3.05) is 5.32 Å². The maximum Gasteiger partial charge on any atom is 0.252 e. The van der Waals surface area contributed by atoms with E-state index in [0.717, 1.165) is 16.5 Å². The number of hydrogen-bond acceptors (Lipinski definition) is 2. The van der Waals surface area contributed by atoms with E-state index in [1.165, 1.54) is 0 Å². The maximum atomic E-state index is 12.8. The van der Waals surface area contributed by atoms with Gasteiger partial charge in [-0.25, -0.2) is 0 Å². The molecule has 1 atom stereocenters. The highest BCUT2D eigenvalue weighted by Gasteiger charge is 2.22. The van der Waals surface area contributed by atoms with Gasteiger partial charge in [0.1, 0.15) is 6.04 Å². The second kappa shape index (κ2) is 7.11. The van der Waals surface area contributed by atoms with E-state index in [0.29, 0.717) is 17.1 Å². The fraction of sp³-hybridized carbons (Fsp3) is 0.200. The number of aromatic nitrogens is 1. The van der Waals surface area contributed by atoms with E-state index in [2.05, 4.69) is 5.32 Å². The predicted octanol–water partition coefficient (Wildman–Crippen LogP) is 4.55. The van der Waals surface area contributed by atoms with Crippen LogP contribution in [0.15, 0.2) is 59.4 Å². The fourth-order valence-corrected chi connectivity index (χ4v) is 3.16. The van der Waals surface area contributed by atoms with Crippen molar-refractivity contribution in [3.05, 3.63) is 75.5 Å². The van der Waals surface area contributed by atoms with Crippen LogP contribution in [0.25, 0.3) is 10.9 Å². The molecule has 3 aromatic rings. The highest BCUT2D eigenvalue weighted by atomic mass is 35.5. The van der Waals surface area contributed by atoms with Crippen molar-refractivity contribution < 1.29 is 4.79 Å². The first-order valence-corrected chi connectivity index (χ1v) is 8.56. The monoisotopic (exact) mass is 354 g/mol. The topological polar surface area (TPSA) is 51.1 Å². The Kier molecular flexibility index (Phi) is 4.91. The zero-order valence-corrected chi connectivity index (χ0v) is 14.9. The third-order valence-electron chi connectivity index (χ3n) is 4.28. The van der Waals surface area contributed by atoms with Crippen molar-refractivity contribution >= 4 is 34.1 Å². The Labute approximate surface area is 151 Å². The first kappa shape index (κ1) is 17.2. The minimum atomic E-state index is -0.589. The maximum absolute atomic E-state index is 12.8. The van der Waals surface area contributed by atoms with E-state index >= 15 is 0 Å². The normalized spacial score (nSPS) is 12.1. The van der Waals surface area contributed by atoms with Gasteiger partial charge in [-0.05, 0) is 49.2 Å². The number of pyridine rings is 1. The number of nitrogens with zero attached hydrogens (tertiary/aromatic N) is 1. The summed E-state index contributed by atoms with van der Waals surface area (Å²) in [5.41, 5.74) is 2.15. The predicted molar refractivity (Wildman–Crippen MR) is 102 cm³/mol. The van der Waals surface area contributed by atoms with Crippen LogP contribution in [-0.4, -0.2) is 10.5 Å². The number of benzene rings is 2. The Morgan fingerprint density at radius 2 is 1.84 bits per heavy atom. The van der Waals surface area contributed by atoms with Gasteiger partial charge in [-0.2, -0.15) is 0 Å². The Morgan fingerprint density at radius 1 is 1.16 bits per heavy atom. The summed E-state index contributed by atoms with van der Waals surface area (Å²) in [6.07, 6.45) is 0.506. The van der Waals surface area contributed by atoms with Gasteiger partial charge >= 0.3 is 0 Å². The van der Waals surface area contributed by atoms with Crippen molar-refractivity contribution in [1.82, 2.24) is 4.57 Å². The quantitative estimate of drug-likeness (QED) is 0.747. The summed E-state index contributed by atoms with van der Waals surface area (Å²) in [5.74, 6) is -0.221. The number of anilines is 1. The number of amides is 1. The highest BCUT2D eigenvalue weighted by molar-refractivity contribution is 6.30.